The van der Waals surface area contributed by atoms with Gasteiger partial charge in [0.1, 0.15) is 5.75 Å². The highest BCUT2D eigenvalue weighted by Crippen LogP contribution is 2.29. The first-order chi connectivity index (χ1) is 12.7. The van der Waals surface area contributed by atoms with Gasteiger partial charge in [-0.1, -0.05) is 18.2 Å². The Morgan fingerprint density at radius 2 is 1.85 bits per heavy atom. The van der Waals surface area contributed by atoms with E-state index in [2.05, 4.69) is 10.5 Å². The summed E-state index contributed by atoms with van der Waals surface area (Å²) in [6.07, 6.45) is 1.54. The van der Waals surface area contributed by atoms with Gasteiger partial charge >= 0.3 is 0 Å². The SMILES string of the molecule is COc1ccc(CSCC(=O)NN=Cc2cccc(OC)c2OC)cc1. The molecule has 0 saturated heterocycles. The summed E-state index contributed by atoms with van der Waals surface area (Å²) in [4.78, 5) is 11.9. The zero-order valence-electron chi connectivity index (χ0n) is 15.0. The Morgan fingerprint density at radius 3 is 2.50 bits per heavy atom. The molecule has 0 saturated carbocycles. The summed E-state index contributed by atoms with van der Waals surface area (Å²) in [6, 6.07) is 13.2. The van der Waals surface area contributed by atoms with Crippen LogP contribution in [0.5, 0.6) is 17.2 Å². The van der Waals surface area contributed by atoms with Crippen molar-refractivity contribution >= 4 is 23.9 Å². The zero-order valence-corrected chi connectivity index (χ0v) is 15.8. The van der Waals surface area contributed by atoms with Crippen molar-refractivity contribution in [2.75, 3.05) is 27.1 Å². The van der Waals surface area contributed by atoms with Gasteiger partial charge in [-0.15, -0.1) is 11.8 Å². The van der Waals surface area contributed by atoms with Crippen LogP contribution in [0.1, 0.15) is 11.1 Å². The maximum Gasteiger partial charge on any atom is 0.250 e. The van der Waals surface area contributed by atoms with Crippen LogP contribution in [0, 0.1) is 0 Å². The van der Waals surface area contributed by atoms with Gasteiger partial charge in [0.25, 0.3) is 0 Å². The van der Waals surface area contributed by atoms with E-state index in [1.807, 2.05) is 36.4 Å². The third-order valence-corrected chi connectivity index (χ3v) is 4.49. The number of hydrogen-bond donors (Lipinski definition) is 1. The molecule has 1 amide bonds. The van der Waals surface area contributed by atoms with Gasteiger partial charge in [0, 0.05) is 11.3 Å². The standard InChI is InChI=1S/C19H22N2O4S/c1-23-16-9-7-14(8-10-16)12-26-13-18(22)21-20-11-15-5-4-6-17(24-2)19(15)25-3/h4-11H,12-13H2,1-3H3,(H,21,22). The number of methoxy groups -OCH3 is 3. The topological polar surface area (TPSA) is 69.2 Å². The largest absolute Gasteiger partial charge is 0.497 e. The molecule has 0 radical (unpaired) electrons. The Balaban J connectivity index is 1.80. The van der Waals surface area contributed by atoms with Crippen molar-refractivity contribution in [2.45, 2.75) is 5.75 Å². The number of rotatable bonds is 9. The van der Waals surface area contributed by atoms with Crippen LogP contribution in [0.25, 0.3) is 0 Å². The lowest BCUT2D eigenvalue weighted by Crippen LogP contribution is -2.19. The quantitative estimate of drug-likeness (QED) is 0.540. The first kappa shape index (κ1) is 19.7. The van der Waals surface area contributed by atoms with Crippen LogP contribution >= 0.6 is 11.8 Å². The fraction of sp³-hybridized carbons (Fsp3) is 0.263. The summed E-state index contributed by atoms with van der Waals surface area (Å²) in [5, 5.41) is 3.98. The van der Waals surface area contributed by atoms with Gasteiger partial charge in [0.05, 0.1) is 33.3 Å². The minimum absolute atomic E-state index is 0.165. The number of amides is 1. The van der Waals surface area contributed by atoms with Crippen LogP contribution in [0.2, 0.25) is 0 Å². The Morgan fingerprint density at radius 1 is 1.08 bits per heavy atom. The molecule has 0 fully saturated rings. The number of hydrazone groups is 1. The van der Waals surface area contributed by atoms with Crippen LogP contribution in [-0.2, 0) is 10.5 Å². The van der Waals surface area contributed by atoms with Crippen molar-refractivity contribution < 1.29 is 19.0 Å². The summed E-state index contributed by atoms with van der Waals surface area (Å²) in [5.74, 6) is 2.89. The van der Waals surface area contributed by atoms with Gasteiger partial charge < -0.3 is 14.2 Å². The fourth-order valence-corrected chi connectivity index (χ4v) is 2.98. The van der Waals surface area contributed by atoms with E-state index >= 15 is 0 Å². The van der Waals surface area contributed by atoms with Crippen molar-refractivity contribution in [1.82, 2.24) is 5.43 Å². The first-order valence-electron chi connectivity index (χ1n) is 7.91. The van der Waals surface area contributed by atoms with Crippen molar-refractivity contribution in [3.63, 3.8) is 0 Å². The highest BCUT2D eigenvalue weighted by atomic mass is 32.2. The number of hydrogen-bond acceptors (Lipinski definition) is 6. The van der Waals surface area contributed by atoms with Crippen molar-refractivity contribution in [3.05, 3.63) is 53.6 Å². The number of thioether (sulfide) groups is 1. The van der Waals surface area contributed by atoms with Gasteiger partial charge in [-0.05, 0) is 29.8 Å². The summed E-state index contributed by atoms with van der Waals surface area (Å²) in [7, 11) is 4.76. The maximum absolute atomic E-state index is 11.9. The predicted molar refractivity (Wildman–Crippen MR) is 104 cm³/mol. The molecule has 2 rings (SSSR count). The zero-order chi connectivity index (χ0) is 18.8. The summed E-state index contributed by atoms with van der Waals surface area (Å²) < 4.78 is 15.7. The van der Waals surface area contributed by atoms with E-state index in [-0.39, 0.29) is 5.91 Å². The van der Waals surface area contributed by atoms with Crippen molar-refractivity contribution in [3.8, 4) is 17.2 Å². The van der Waals surface area contributed by atoms with E-state index in [4.69, 9.17) is 14.2 Å². The normalized spacial score (nSPS) is 10.6. The van der Waals surface area contributed by atoms with E-state index in [1.54, 1.807) is 27.4 Å². The van der Waals surface area contributed by atoms with Crippen LogP contribution in [0.15, 0.2) is 47.6 Å². The highest BCUT2D eigenvalue weighted by Gasteiger charge is 2.07. The number of carbonyl (C=O) groups is 1. The van der Waals surface area contributed by atoms with Gasteiger partial charge in [-0.3, -0.25) is 4.79 Å². The lowest BCUT2D eigenvalue weighted by atomic mass is 10.2. The van der Waals surface area contributed by atoms with Gasteiger partial charge in [-0.25, -0.2) is 5.43 Å². The maximum atomic E-state index is 11.9. The Labute approximate surface area is 157 Å². The molecule has 2 aromatic carbocycles. The van der Waals surface area contributed by atoms with E-state index in [9.17, 15) is 4.79 Å². The Bertz CT molecular complexity index is 748. The first-order valence-corrected chi connectivity index (χ1v) is 9.07. The molecule has 0 atom stereocenters. The average Bonchev–Trinajstić information content (AvgIpc) is 2.68. The molecule has 0 aromatic heterocycles. The van der Waals surface area contributed by atoms with Gasteiger partial charge in [0.15, 0.2) is 11.5 Å². The van der Waals surface area contributed by atoms with E-state index in [0.29, 0.717) is 17.3 Å². The second kappa shape index (κ2) is 10.4. The number of nitrogens with one attached hydrogen (secondary N) is 1. The second-order valence-corrected chi connectivity index (χ2v) is 6.20. The van der Waals surface area contributed by atoms with E-state index in [1.165, 1.54) is 18.0 Å². The van der Waals surface area contributed by atoms with Crippen molar-refractivity contribution in [1.29, 1.82) is 0 Å². The summed E-state index contributed by atoms with van der Waals surface area (Å²) in [5.41, 5.74) is 4.37. The molecule has 1 N–H and O–H groups in total. The molecule has 138 valence electrons. The smallest absolute Gasteiger partial charge is 0.250 e. The predicted octanol–water partition coefficient (Wildman–Crippen LogP) is 3.10. The molecule has 26 heavy (non-hydrogen) atoms. The Kier molecular flexibility index (Phi) is 7.82. The Hall–Kier alpha value is -2.67. The molecule has 6 nitrogen and oxygen atoms in total. The van der Waals surface area contributed by atoms with Crippen LogP contribution < -0.4 is 19.6 Å². The van der Waals surface area contributed by atoms with E-state index < -0.39 is 0 Å². The van der Waals surface area contributed by atoms with Crippen molar-refractivity contribution in [2.24, 2.45) is 5.10 Å². The molecule has 0 aliphatic rings. The third-order valence-electron chi connectivity index (χ3n) is 3.49. The number of nitrogens with zero attached hydrogens (tertiary/aromatic N) is 1. The lowest BCUT2D eigenvalue weighted by molar-refractivity contribution is -0.118. The molecular formula is C19H22N2O4S. The molecule has 0 spiro atoms. The minimum atomic E-state index is -0.165. The molecule has 7 heteroatoms. The van der Waals surface area contributed by atoms with Crippen LogP contribution in [-0.4, -0.2) is 39.2 Å². The molecule has 0 heterocycles. The fourth-order valence-electron chi connectivity index (χ4n) is 2.20. The summed E-state index contributed by atoms with van der Waals surface area (Å²) in [6.45, 7) is 0. The van der Waals surface area contributed by atoms with Crippen LogP contribution in [0.3, 0.4) is 0 Å². The molecule has 0 unspecified atom stereocenters. The minimum Gasteiger partial charge on any atom is -0.497 e. The monoisotopic (exact) mass is 374 g/mol. The van der Waals surface area contributed by atoms with Gasteiger partial charge in [0.2, 0.25) is 5.91 Å². The highest BCUT2D eigenvalue weighted by molar-refractivity contribution is 7.99. The average molecular weight is 374 g/mol. The third kappa shape index (κ3) is 5.70. The lowest BCUT2D eigenvalue weighted by Gasteiger charge is -2.09. The number of para-hydroxylation sites is 1. The molecule has 0 aliphatic heterocycles. The number of carbonyl (C=O) groups excluding carboxylic acids is 1. The van der Waals surface area contributed by atoms with E-state index in [0.717, 1.165) is 22.6 Å². The second-order valence-electron chi connectivity index (χ2n) is 5.22. The molecule has 2 aromatic rings. The molecule has 0 bridgehead atoms. The summed E-state index contributed by atoms with van der Waals surface area (Å²) >= 11 is 1.52. The van der Waals surface area contributed by atoms with Gasteiger partial charge in [-0.2, -0.15) is 5.10 Å². The molecular weight excluding hydrogens is 352 g/mol. The van der Waals surface area contributed by atoms with Crippen LogP contribution in [0.4, 0.5) is 0 Å². The molecule has 0 aliphatic carbocycles. The number of ether oxygens (including phenoxy) is 3. The number of benzene rings is 2.